The molecule has 0 aliphatic heterocycles. The van der Waals surface area contributed by atoms with Gasteiger partial charge in [-0.2, -0.15) is 0 Å². The van der Waals surface area contributed by atoms with Crippen molar-refractivity contribution in [1.29, 1.82) is 0 Å². The lowest BCUT2D eigenvalue weighted by Crippen LogP contribution is -2.16. The molecule has 5 nitrogen and oxygen atoms in total. The first-order chi connectivity index (χ1) is 10.3. The van der Waals surface area contributed by atoms with Crippen LogP contribution in [0.3, 0.4) is 0 Å². The van der Waals surface area contributed by atoms with Crippen LogP contribution in [-0.4, -0.2) is 22.9 Å². The summed E-state index contributed by atoms with van der Waals surface area (Å²) < 4.78 is 5.31. The van der Waals surface area contributed by atoms with Gasteiger partial charge in [0.25, 0.3) is 5.91 Å². The Morgan fingerprint density at radius 3 is 2.95 bits per heavy atom. The second-order valence-electron chi connectivity index (χ2n) is 4.02. The summed E-state index contributed by atoms with van der Waals surface area (Å²) in [5.41, 5.74) is 0. The number of nitrogens with one attached hydrogen (secondary N) is 1. The van der Waals surface area contributed by atoms with E-state index < -0.39 is 0 Å². The third-order valence-electron chi connectivity index (χ3n) is 2.62. The largest absolute Gasteiger partial charge is 0.462 e. The van der Waals surface area contributed by atoms with Crippen molar-refractivity contribution >= 4 is 40.7 Å². The first-order valence-electron chi connectivity index (χ1n) is 6.12. The number of amides is 1. The second-order valence-corrected chi connectivity index (χ2v) is 6.14. The Bertz CT molecular complexity index is 772. The van der Waals surface area contributed by atoms with E-state index in [4.69, 9.17) is 4.42 Å². The summed E-state index contributed by atoms with van der Waals surface area (Å²) in [6.07, 6.45) is 8.78. The zero-order chi connectivity index (χ0) is 14.7. The van der Waals surface area contributed by atoms with Gasteiger partial charge < -0.3 is 9.73 Å². The van der Waals surface area contributed by atoms with Crippen molar-refractivity contribution in [3.05, 3.63) is 45.6 Å². The molecule has 0 spiro atoms. The quantitative estimate of drug-likeness (QED) is 0.801. The highest BCUT2D eigenvalue weighted by atomic mass is 32.1. The number of nitrogens with zero attached hydrogens (tertiary/aromatic N) is 2. The minimum atomic E-state index is -0.120. The van der Waals surface area contributed by atoms with Crippen LogP contribution in [-0.2, 0) is 0 Å². The van der Waals surface area contributed by atoms with Crippen molar-refractivity contribution in [1.82, 2.24) is 15.3 Å². The summed E-state index contributed by atoms with van der Waals surface area (Å²) in [6.45, 7) is 0. The Morgan fingerprint density at radius 2 is 2.19 bits per heavy atom. The number of hydrogen-bond donors (Lipinski definition) is 1. The molecule has 3 aromatic rings. The monoisotopic (exact) mass is 317 g/mol. The van der Waals surface area contributed by atoms with Crippen LogP contribution in [0.5, 0.6) is 0 Å². The Balaban J connectivity index is 1.74. The van der Waals surface area contributed by atoms with Crippen LogP contribution in [0.1, 0.15) is 19.6 Å². The normalized spacial score (nSPS) is 11.1. The summed E-state index contributed by atoms with van der Waals surface area (Å²) >= 11 is 2.88. The summed E-state index contributed by atoms with van der Waals surface area (Å²) in [5.74, 6) is 0.640. The number of rotatable bonds is 4. The van der Waals surface area contributed by atoms with Crippen LogP contribution < -0.4 is 5.32 Å². The fourth-order valence-electron chi connectivity index (χ4n) is 1.62. The number of furan rings is 1. The molecule has 3 rings (SSSR count). The lowest BCUT2D eigenvalue weighted by Gasteiger charge is -1.90. The van der Waals surface area contributed by atoms with Gasteiger partial charge >= 0.3 is 0 Å². The predicted octanol–water partition coefficient (Wildman–Crippen LogP) is 3.39. The maximum atomic E-state index is 11.5. The van der Waals surface area contributed by atoms with E-state index in [1.54, 1.807) is 25.7 Å². The average Bonchev–Trinajstić information content (AvgIpc) is 3.23. The fraction of sp³-hybridized carbons (Fsp3) is 0.0714. The van der Waals surface area contributed by atoms with Crippen LogP contribution >= 0.6 is 22.7 Å². The number of thiazole rings is 2. The molecule has 21 heavy (non-hydrogen) atoms. The molecule has 106 valence electrons. The predicted molar refractivity (Wildman–Crippen MR) is 84.2 cm³/mol. The molecule has 0 atom stereocenters. The molecule has 0 aliphatic rings. The fourth-order valence-corrected chi connectivity index (χ4v) is 3.18. The maximum Gasteiger partial charge on any atom is 0.262 e. The highest BCUT2D eigenvalue weighted by Crippen LogP contribution is 2.26. The van der Waals surface area contributed by atoms with Crippen molar-refractivity contribution in [2.45, 2.75) is 0 Å². The zero-order valence-electron chi connectivity index (χ0n) is 11.1. The van der Waals surface area contributed by atoms with Gasteiger partial charge in [0.1, 0.15) is 9.88 Å². The van der Waals surface area contributed by atoms with E-state index in [0.717, 1.165) is 20.7 Å². The van der Waals surface area contributed by atoms with E-state index >= 15 is 0 Å². The Kier molecular flexibility index (Phi) is 3.94. The lowest BCUT2D eigenvalue weighted by atomic mass is 10.4. The molecular weight excluding hydrogens is 306 g/mol. The second kappa shape index (κ2) is 6.02. The molecule has 0 bridgehead atoms. The molecule has 0 aliphatic carbocycles. The minimum Gasteiger partial charge on any atom is -0.462 e. The van der Waals surface area contributed by atoms with Crippen LogP contribution in [0.2, 0.25) is 0 Å². The molecule has 0 saturated carbocycles. The lowest BCUT2D eigenvalue weighted by molar-refractivity contribution is 0.0967. The van der Waals surface area contributed by atoms with E-state index in [9.17, 15) is 4.79 Å². The van der Waals surface area contributed by atoms with Gasteiger partial charge in [0.2, 0.25) is 0 Å². The molecule has 0 saturated heterocycles. The van der Waals surface area contributed by atoms with Gasteiger partial charge in [0, 0.05) is 18.1 Å². The molecular formula is C14H11N3O2S2. The zero-order valence-corrected chi connectivity index (χ0v) is 12.7. The van der Waals surface area contributed by atoms with Gasteiger partial charge in [-0.05, 0) is 24.3 Å². The van der Waals surface area contributed by atoms with Crippen molar-refractivity contribution in [2.24, 2.45) is 0 Å². The summed E-state index contributed by atoms with van der Waals surface area (Å²) in [7, 11) is 1.60. The van der Waals surface area contributed by atoms with Crippen molar-refractivity contribution in [3.8, 4) is 10.8 Å². The molecule has 0 unspecified atom stereocenters. The van der Waals surface area contributed by atoms with Gasteiger partial charge in [-0.15, -0.1) is 22.7 Å². The van der Waals surface area contributed by atoms with Crippen LogP contribution in [0.4, 0.5) is 0 Å². The van der Waals surface area contributed by atoms with E-state index in [1.165, 1.54) is 22.7 Å². The third-order valence-corrected chi connectivity index (χ3v) is 4.56. The van der Waals surface area contributed by atoms with Crippen molar-refractivity contribution in [3.63, 3.8) is 0 Å². The molecule has 1 amide bonds. The molecule has 7 heteroatoms. The molecule has 3 heterocycles. The standard InChI is InChI=1S/C14H11N3O2S2/c1-15-13(18)11-8-16-12(21-11)5-4-9-7-17-14(20-9)10-3-2-6-19-10/h2-8H,1H3,(H,15,18). The average molecular weight is 317 g/mol. The smallest absolute Gasteiger partial charge is 0.262 e. The number of aromatic nitrogens is 2. The maximum absolute atomic E-state index is 11.5. The van der Waals surface area contributed by atoms with E-state index in [2.05, 4.69) is 15.3 Å². The number of hydrogen-bond acceptors (Lipinski definition) is 6. The molecule has 0 aromatic carbocycles. The number of carbonyl (C=O) groups is 1. The summed E-state index contributed by atoms with van der Waals surface area (Å²) in [6, 6.07) is 3.71. The SMILES string of the molecule is CNC(=O)c1cnc(C=Cc2cnc(-c3ccco3)s2)s1. The van der Waals surface area contributed by atoms with Crippen molar-refractivity contribution < 1.29 is 9.21 Å². The topological polar surface area (TPSA) is 68.0 Å². The van der Waals surface area contributed by atoms with Crippen LogP contribution in [0.25, 0.3) is 22.9 Å². The number of carbonyl (C=O) groups excluding carboxylic acids is 1. The molecule has 0 radical (unpaired) electrons. The summed E-state index contributed by atoms with van der Waals surface area (Å²) in [5, 5.41) is 4.19. The van der Waals surface area contributed by atoms with E-state index in [1.807, 2.05) is 24.3 Å². The first-order valence-corrected chi connectivity index (χ1v) is 7.75. The highest BCUT2D eigenvalue weighted by Gasteiger charge is 2.08. The minimum absolute atomic E-state index is 0.120. The van der Waals surface area contributed by atoms with E-state index in [-0.39, 0.29) is 5.91 Å². The van der Waals surface area contributed by atoms with Gasteiger partial charge in [-0.3, -0.25) is 4.79 Å². The van der Waals surface area contributed by atoms with Crippen LogP contribution in [0, 0.1) is 0 Å². The van der Waals surface area contributed by atoms with Crippen molar-refractivity contribution in [2.75, 3.05) is 7.05 Å². The Morgan fingerprint density at radius 1 is 1.29 bits per heavy atom. The van der Waals surface area contributed by atoms with Gasteiger partial charge in [-0.1, -0.05) is 0 Å². The molecule has 0 fully saturated rings. The van der Waals surface area contributed by atoms with Gasteiger partial charge in [-0.25, -0.2) is 9.97 Å². The van der Waals surface area contributed by atoms with Gasteiger partial charge in [0.15, 0.2) is 10.8 Å². The van der Waals surface area contributed by atoms with E-state index in [0.29, 0.717) is 4.88 Å². The third kappa shape index (κ3) is 3.09. The van der Waals surface area contributed by atoms with Gasteiger partial charge in [0.05, 0.1) is 12.5 Å². The first kappa shape index (κ1) is 13.7. The molecule has 3 aromatic heterocycles. The Labute approximate surface area is 129 Å². The Hall–Kier alpha value is -2.25. The molecule has 1 N–H and O–H groups in total. The van der Waals surface area contributed by atoms with Crippen LogP contribution in [0.15, 0.2) is 35.2 Å². The highest BCUT2D eigenvalue weighted by molar-refractivity contribution is 7.16. The summed E-state index contributed by atoms with van der Waals surface area (Å²) in [4.78, 5) is 21.5.